The fourth-order valence-electron chi connectivity index (χ4n) is 2.14. The molecular weight excluding hydrogens is 240 g/mol. The van der Waals surface area contributed by atoms with Crippen LogP contribution in [-0.4, -0.2) is 19.6 Å². The van der Waals surface area contributed by atoms with E-state index in [4.69, 9.17) is 10.5 Å². The molecule has 0 fully saturated rings. The summed E-state index contributed by atoms with van der Waals surface area (Å²) in [6, 6.07) is 4.08. The number of carbonyl (C=O) groups is 1. The first-order valence-electron chi connectivity index (χ1n) is 6.58. The van der Waals surface area contributed by atoms with E-state index in [9.17, 15) is 4.79 Å². The normalized spacial score (nSPS) is 12.1. The third-order valence-electron chi connectivity index (χ3n) is 3.15. The molecule has 3 N–H and O–H groups in total. The highest BCUT2D eigenvalue weighted by Crippen LogP contribution is 2.24. The van der Waals surface area contributed by atoms with Crippen molar-refractivity contribution in [3.05, 3.63) is 28.8 Å². The van der Waals surface area contributed by atoms with Gasteiger partial charge in [0.2, 0.25) is 5.91 Å². The molecule has 4 nitrogen and oxygen atoms in total. The molecular formula is C15H24N2O2. The highest BCUT2D eigenvalue weighted by atomic mass is 16.5. The number of aryl methyl sites for hydroxylation is 2. The Bertz CT molecular complexity index is 421. The zero-order valence-corrected chi connectivity index (χ0v) is 12.2. The van der Waals surface area contributed by atoms with Crippen LogP contribution < -0.4 is 15.8 Å². The van der Waals surface area contributed by atoms with Gasteiger partial charge in [-0.2, -0.15) is 0 Å². The van der Waals surface area contributed by atoms with Crippen LogP contribution in [0.5, 0.6) is 5.75 Å². The van der Waals surface area contributed by atoms with Gasteiger partial charge in [0.1, 0.15) is 5.75 Å². The van der Waals surface area contributed by atoms with Crippen molar-refractivity contribution in [3.63, 3.8) is 0 Å². The van der Waals surface area contributed by atoms with Gasteiger partial charge in [0, 0.05) is 13.0 Å². The molecule has 0 saturated heterocycles. The molecule has 1 rings (SSSR count). The summed E-state index contributed by atoms with van der Waals surface area (Å²) in [5.74, 6) is 1.18. The molecule has 0 aliphatic carbocycles. The van der Waals surface area contributed by atoms with Crippen LogP contribution in [0.3, 0.4) is 0 Å². The van der Waals surface area contributed by atoms with Crippen LogP contribution in [0.2, 0.25) is 0 Å². The molecule has 0 spiro atoms. The van der Waals surface area contributed by atoms with Crippen LogP contribution >= 0.6 is 0 Å². The molecule has 1 amide bonds. The SMILES string of the molecule is COc1c(C)cc(CNC(=O)CC(C)CN)cc1C. The zero-order chi connectivity index (χ0) is 14.4. The average molecular weight is 264 g/mol. The molecule has 1 atom stereocenters. The van der Waals surface area contributed by atoms with Gasteiger partial charge in [-0.25, -0.2) is 0 Å². The Morgan fingerprint density at radius 3 is 2.42 bits per heavy atom. The minimum Gasteiger partial charge on any atom is -0.496 e. The molecule has 1 unspecified atom stereocenters. The summed E-state index contributed by atoms with van der Waals surface area (Å²) >= 11 is 0. The third kappa shape index (κ3) is 4.56. The first kappa shape index (κ1) is 15.5. The number of amides is 1. The lowest BCUT2D eigenvalue weighted by Crippen LogP contribution is -2.26. The summed E-state index contributed by atoms with van der Waals surface area (Å²) in [4.78, 5) is 11.7. The van der Waals surface area contributed by atoms with Crippen molar-refractivity contribution in [2.45, 2.75) is 33.7 Å². The lowest BCUT2D eigenvalue weighted by Gasteiger charge is -2.13. The number of hydrogen-bond donors (Lipinski definition) is 2. The van der Waals surface area contributed by atoms with Crippen molar-refractivity contribution in [2.75, 3.05) is 13.7 Å². The Labute approximate surface area is 115 Å². The van der Waals surface area contributed by atoms with E-state index in [0.717, 1.165) is 22.4 Å². The number of carbonyl (C=O) groups excluding carboxylic acids is 1. The average Bonchev–Trinajstić information content (AvgIpc) is 2.36. The lowest BCUT2D eigenvalue weighted by atomic mass is 10.1. The monoisotopic (exact) mass is 264 g/mol. The maximum atomic E-state index is 11.7. The van der Waals surface area contributed by atoms with Gasteiger partial charge < -0.3 is 15.8 Å². The van der Waals surface area contributed by atoms with Crippen molar-refractivity contribution in [3.8, 4) is 5.75 Å². The van der Waals surface area contributed by atoms with E-state index in [0.29, 0.717) is 19.5 Å². The molecule has 0 saturated carbocycles. The molecule has 0 radical (unpaired) electrons. The van der Waals surface area contributed by atoms with E-state index in [-0.39, 0.29) is 11.8 Å². The Kier molecular flexibility index (Phi) is 5.83. The lowest BCUT2D eigenvalue weighted by molar-refractivity contribution is -0.122. The number of benzene rings is 1. The summed E-state index contributed by atoms with van der Waals surface area (Å²) in [6.45, 7) is 7.07. The Balaban J connectivity index is 2.61. The predicted octanol–water partition coefficient (Wildman–Crippen LogP) is 1.91. The third-order valence-corrected chi connectivity index (χ3v) is 3.15. The standard InChI is InChI=1S/C15H24N2O2/c1-10(8-16)5-14(18)17-9-13-6-11(2)15(19-4)12(3)7-13/h6-7,10H,5,8-9,16H2,1-4H3,(H,17,18). The van der Waals surface area contributed by atoms with Crippen LogP contribution in [0.15, 0.2) is 12.1 Å². The number of nitrogens with one attached hydrogen (secondary N) is 1. The molecule has 1 aromatic rings. The van der Waals surface area contributed by atoms with Gasteiger partial charge in [-0.1, -0.05) is 19.1 Å². The van der Waals surface area contributed by atoms with Gasteiger partial charge in [0.25, 0.3) is 0 Å². The van der Waals surface area contributed by atoms with Crippen LogP contribution in [0.1, 0.15) is 30.0 Å². The second-order valence-corrected chi connectivity index (χ2v) is 5.08. The molecule has 0 heterocycles. The Morgan fingerprint density at radius 2 is 1.95 bits per heavy atom. The second kappa shape index (κ2) is 7.14. The number of ether oxygens (including phenoxy) is 1. The molecule has 0 aromatic heterocycles. The molecule has 1 aromatic carbocycles. The molecule has 106 valence electrons. The van der Waals surface area contributed by atoms with Crippen LogP contribution in [0.25, 0.3) is 0 Å². The van der Waals surface area contributed by atoms with Gasteiger partial charge in [0.15, 0.2) is 0 Å². The highest BCUT2D eigenvalue weighted by Gasteiger charge is 2.09. The van der Waals surface area contributed by atoms with Gasteiger partial charge >= 0.3 is 0 Å². The van der Waals surface area contributed by atoms with E-state index in [2.05, 4.69) is 5.32 Å². The van der Waals surface area contributed by atoms with E-state index in [1.54, 1.807) is 7.11 Å². The summed E-state index contributed by atoms with van der Waals surface area (Å²) in [5.41, 5.74) is 8.76. The summed E-state index contributed by atoms with van der Waals surface area (Å²) in [6.07, 6.45) is 0.477. The Morgan fingerprint density at radius 1 is 1.37 bits per heavy atom. The van der Waals surface area contributed by atoms with E-state index < -0.39 is 0 Å². The van der Waals surface area contributed by atoms with Gasteiger partial charge in [-0.3, -0.25) is 4.79 Å². The highest BCUT2D eigenvalue weighted by molar-refractivity contribution is 5.76. The summed E-state index contributed by atoms with van der Waals surface area (Å²) < 4.78 is 5.32. The molecule has 0 bridgehead atoms. The quantitative estimate of drug-likeness (QED) is 0.825. The van der Waals surface area contributed by atoms with Crippen molar-refractivity contribution < 1.29 is 9.53 Å². The topological polar surface area (TPSA) is 64.3 Å². The van der Waals surface area contributed by atoms with Gasteiger partial charge in [0.05, 0.1) is 7.11 Å². The number of hydrogen-bond acceptors (Lipinski definition) is 3. The van der Waals surface area contributed by atoms with Crippen molar-refractivity contribution in [2.24, 2.45) is 11.7 Å². The molecule has 4 heteroatoms. The van der Waals surface area contributed by atoms with E-state index >= 15 is 0 Å². The first-order chi connectivity index (χ1) is 8.97. The molecule has 0 aliphatic rings. The van der Waals surface area contributed by atoms with Crippen molar-refractivity contribution in [1.29, 1.82) is 0 Å². The van der Waals surface area contributed by atoms with Gasteiger partial charge in [-0.15, -0.1) is 0 Å². The maximum absolute atomic E-state index is 11.7. The maximum Gasteiger partial charge on any atom is 0.220 e. The largest absolute Gasteiger partial charge is 0.496 e. The minimum atomic E-state index is 0.0454. The van der Waals surface area contributed by atoms with E-state index in [1.165, 1.54) is 0 Å². The molecule has 19 heavy (non-hydrogen) atoms. The fraction of sp³-hybridized carbons (Fsp3) is 0.533. The molecule has 0 aliphatic heterocycles. The van der Waals surface area contributed by atoms with E-state index in [1.807, 2.05) is 32.9 Å². The predicted molar refractivity (Wildman–Crippen MR) is 77.2 cm³/mol. The van der Waals surface area contributed by atoms with Crippen molar-refractivity contribution >= 4 is 5.91 Å². The fourth-order valence-corrected chi connectivity index (χ4v) is 2.14. The summed E-state index contributed by atoms with van der Waals surface area (Å²) in [7, 11) is 1.67. The van der Waals surface area contributed by atoms with Crippen molar-refractivity contribution in [1.82, 2.24) is 5.32 Å². The summed E-state index contributed by atoms with van der Waals surface area (Å²) in [5, 5.41) is 2.92. The van der Waals surface area contributed by atoms with Crippen LogP contribution in [0, 0.1) is 19.8 Å². The Hall–Kier alpha value is -1.55. The second-order valence-electron chi connectivity index (χ2n) is 5.08. The number of methoxy groups -OCH3 is 1. The number of rotatable bonds is 6. The van der Waals surface area contributed by atoms with Crippen LogP contribution in [-0.2, 0) is 11.3 Å². The first-order valence-corrected chi connectivity index (χ1v) is 6.58. The number of nitrogens with two attached hydrogens (primary N) is 1. The smallest absolute Gasteiger partial charge is 0.220 e. The minimum absolute atomic E-state index is 0.0454. The van der Waals surface area contributed by atoms with Crippen LogP contribution in [0.4, 0.5) is 0 Å². The van der Waals surface area contributed by atoms with Gasteiger partial charge in [-0.05, 0) is 43.0 Å². The zero-order valence-electron chi connectivity index (χ0n) is 12.2.